The first kappa shape index (κ1) is 16.9. The highest BCUT2D eigenvalue weighted by Crippen LogP contribution is 2.32. The Hall–Kier alpha value is -1.50. The Morgan fingerprint density at radius 3 is 2.80 bits per heavy atom. The van der Waals surface area contributed by atoms with Crippen molar-refractivity contribution in [3.05, 3.63) is 39.7 Å². The number of nitrogens with zero attached hydrogens (tertiary/aromatic N) is 4. The number of thiophene rings is 1. The van der Waals surface area contributed by atoms with E-state index in [0.717, 1.165) is 63.7 Å². The lowest BCUT2D eigenvalue weighted by Crippen LogP contribution is -2.59. The highest BCUT2D eigenvalue weighted by atomic mass is 32.1. The maximum Gasteiger partial charge on any atom is 0.151 e. The SMILES string of the molecule is Cc1ccc(N2CCC[C@]3(CN(Cc4ccc(C)s4)CCO3)C2)nn1. The molecule has 2 aromatic rings. The summed E-state index contributed by atoms with van der Waals surface area (Å²) in [4.78, 5) is 7.74. The summed E-state index contributed by atoms with van der Waals surface area (Å²) in [7, 11) is 0. The molecule has 0 unspecified atom stereocenters. The lowest BCUT2D eigenvalue weighted by Gasteiger charge is -2.48. The Morgan fingerprint density at radius 2 is 2.04 bits per heavy atom. The fraction of sp³-hybridized carbons (Fsp3) is 0.579. The molecule has 0 saturated carbocycles. The van der Waals surface area contributed by atoms with Crippen LogP contribution in [0.2, 0.25) is 0 Å². The fourth-order valence-corrected chi connectivity index (χ4v) is 4.88. The molecule has 1 atom stereocenters. The zero-order chi connectivity index (χ0) is 17.3. The molecule has 0 aromatic carbocycles. The van der Waals surface area contributed by atoms with Crippen molar-refractivity contribution in [2.24, 2.45) is 0 Å². The van der Waals surface area contributed by atoms with E-state index in [-0.39, 0.29) is 5.60 Å². The Balaban J connectivity index is 1.45. The van der Waals surface area contributed by atoms with Gasteiger partial charge >= 0.3 is 0 Å². The van der Waals surface area contributed by atoms with E-state index in [1.807, 2.05) is 24.3 Å². The van der Waals surface area contributed by atoms with Crippen molar-refractivity contribution in [2.75, 3.05) is 37.7 Å². The van der Waals surface area contributed by atoms with E-state index in [1.54, 1.807) is 0 Å². The topological polar surface area (TPSA) is 41.5 Å². The van der Waals surface area contributed by atoms with Gasteiger partial charge in [0.05, 0.1) is 17.9 Å². The van der Waals surface area contributed by atoms with Crippen LogP contribution in [-0.2, 0) is 11.3 Å². The van der Waals surface area contributed by atoms with Crippen molar-refractivity contribution in [3.63, 3.8) is 0 Å². The first-order valence-electron chi connectivity index (χ1n) is 9.09. The molecule has 2 fully saturated rings. The van der Waals surface area contributed by atoms with Gasteiger partial charge in [-0.25, -0.2) is 0 Å². The smallest absolute Gasteiger partial charge is 0.151 e. The van der Waals surface area contributed by atoms with Crippen molar-refractivity contribution in [3.8, 4) is 0 Å². The Labute approximate surface area is 153 Å². The predicted octanol–water partition coefficient (Wildman–Crippen LogP) is 3.03. The lowest BCUT2D eigenvalue weighted by atomic mass is 9.90. The maximum atomic E-state index is 6.33. The van der Waals surface area contributed by atoms with Gasteiger partial charge in [-0.2, -0.15) is 5.10 Å². The van der Waals surface area contributed by atoms with Crippen molar-refractivity contribution < 1.29 is 4.74 Å². The first-order chi connectivity index (χ1) is 12.1. The van der Waals surface area contributed by atoms with Crippen LogP contribution in [-0.4, -0.2) is 53.5 Å². The van der Waals surface area contributed by atoms with Gasteiger partial charge in [0.1, 0.15) is 0 Å². The normalized spacial score (nSPS) is 24.8. The molecule has 25 heavy (non-hydrogen) atoms. The zero-order valence-electron chi connectivity index (χ0n) is 15.1. The number of morpholine rings is 1. The zero-order valence-corrected chi connectivity index (χ0v) is 15.9. The summed E-state index contributed by atoms with van der Waals surface area (Å²) in [6, 6.07) is 8.60. The van der Waals surface area contributed by atoms with E-state index >= 15 is 0 Å². The van der Waals surface area contributed by atoms with Crippen LogP contribution in [0, 0.1) is 13.8 Å². The summed E-state index contributed by atoms with van der Waals surface area (Å²) in [5, 5.41) is 8.60. The van der Waals surface area contributed by atoms with Crippen molar-refractivity contribution >= 4 is 17.2 Å². The number of ether oxygens (including phenoxy) is 1. The molecule has 5 nitrogen and oxygen atoms in total. The number of hydrogen-bond acceptors (Lipinski definition) is 6. The van der Waals surface area contributed by atoms with Gasteiger partial charge in [-0.15, -0.1) is 16.4 Å². The number of piperidine rings is 1. The Bertz CT molecular complexity index is 712. The lowest BCUT2D eigenvalue weighted by molar-refractivity contribution is -0.116. The minimum Gasteiger partial charge on any atom is -0.370 e. The van der Waals surface area contributed by atoms with Crippen LogP contribution in [0.15, 0.2) is 24.3 Å². The summed E-state index contributed by atoms with van der Waals surface area (Å²) in [6.07, 6.45) is 2.27. The van der Waals surface area contributed by atoms with Crippen LogP contribution in [0.4, 0.5) is 5.82 Å². The van der Waals surface area contributed by atoms with Gasteiger partial charge in [0, 0.05) is 42.5 Å². The first-order valence-corrected chi connectivity index (χ1v) is 9.91. The van der Waals surface area contributed by atoms with E-state index in [0.29, 0.717) is 0 Å². The number of anilines is 1. The molecule has 0 amide bonds. The molecule has 0 aliphatic carbocycles. The highest BCUT2D eigenvalue weighted by Gasteiger charge is 2.41. The van der Waals surface area contributed by atoms with Crippen molar-refractivity contribution in [1.29, 1.82) is 0 Å². The van der Waals surface area contributed by atoms with Crippen LogP contribution < -0.4 is 4.90 Å². The molecule has 0 radical (unpaired) electrons. The van der Waals surface area contributed by atoms with Gasteiger partial charge in [0.15, 0.2) is 5.82 Å². The predicted molar refractivity (Wildman–Crippen MR) is 101 cm³/mol. The number of hydrogen-bond donors (Lipinski definition) is 0. The number of aryl methyl sites for hydroxylation is 2. The van der Waals surface area contributed by atoms with Gasteiger partial charge in [0.2, 0.25) is 0 Å². The second kappa shape index (κ2) is 7.02. The average molecular weight is 359 g/mol. The third-order valence-electron chi connectivity index (χ3n) is 5.15. The van der Waals surface area contributed by atoms with E-state index in [2.05, 4.69) is 45.1 Å². The highest BCUT2D eigenvalue weighted by molar-refractivity contribution is 7.11. The van der Waals surface area contributed by atoms with Crippen LogP contribution in [0.25, 0.3) is 0 Å². The van der Waals surface area contributed by atoms with Gasteiger partial charge in [-0.05, 0) is 51.0 Å². The molecule has 2 aliphatic heterocycles. The summed E-state index contributed by atoms with van der Waals surface area (Å²) in [5.41, 5.74) is 0.886. The van der Waals surface area contributed by atoms with E-state index in [1.165, 1.54) is 9.75 Å². The van der Waals surface area contributed by atoms with Crippen LogP contribution in [0.1, 0.15) is 28.3 Å². The second-order valence-corrected chi connectivity index (χ2v) is 8.68. The van der Waals surface area contributed by atoms with Crippen LogP contribution in [0.5, 0.6) is 0 Å². The molecule has 0 N–H and O–H groups in total. The van der Waals surface area contributed by atoms with Crippen molar-refractivity contribution in [2.45, 2.75) is 38.8 Å². The standard InChI is InChI=1S/C19H26N4OS/c1-15-4-7-18(21-20-15)23-9-3-8-19(14-23)13-22(10-11-24-19)12-17-6-5-16(2)25-17/h4-7H,3,8-14H2,1-2H3/t19-/m0/s1. The molecule has 1 spiro atoms. The monoisotopic (exact) mass is 358 g/mol. The molecule has 4 heterocycles. The minimum atomic E-state index is -0.0740. The van der Waals surface area contributed by atoms with E-state index in [9.17, 15) is 0 Å². The van der Waals surface area contributed by atoms with Gasteiger partial charge in [-0.3, -0.25) is 4.90 Å². The summed E-state index contributed by atoms with van der Waals surface area (Å²) in [6.45, 7) is 9.96. The molecule has 6 heteroatoms. The molecule has 2 saturated heterocycles. The maximum absolute atomic E-state index is 6.33. The Morgan fingerprint density at radius 1 is 1.12 bits per heavy atom. The summed E-state index contributed by atoms with van der Waals surface area (Å²) in [5.74, 6) is 0.972. The molecular weight excluding hydrogens is 332 g/mol. The van der Waals surface area contributed by atoms with Gasteiger partial charge < -0.3 is 9.64 Å². The third-order valence-corrected chi connectivity index (χ3v) is 6.14. The molecule has 134 valence electrons. The van der Waals surface area contributed by atoms with E-state index < -0.39 is 0 Å². The van der Waals surface area contributed by atoms with E-state index in [4.69, 9.17) is 4.74 Å². The summed E-state index contributed by atoms with van der Waals surface area (Å²) < 4.78 is 6.33. The fourth-order valence-electron chi connectivity index (χ4n) is 3.95. The van der Waals surface area contributed by atoms with Gasteiger partial charge in [0.25, 0.3) is 0 Å². The molecule has 2 aromatic heterocycles. The van der Waals surface area contributed by atoms with Crippen LogP contribution >= 0.6 is 11.3 Å². The largest absolute Gasteiger partial charge is 0.370 e. The number of aromatic nitrogens is 2. The second-order valence-electron chi connectivity index (χ2n) is 7.31. The molecule has 2 aliphatic rings. The number of rotatable bonds is 3. The minimum absolute atomic E-state index is 0.0740. The quantitative estimate of drug-likeness (QED) is 0.844. The summed E-state index contributed by atoms with van der Waals surface area (Å²) >= 11 is 1.90. The molecule has 0 bridgehead atoms. The third kappa shape index (κ3) is 3.86. The van der Waals surface area contributed by atoms with Crippen molar-refractivity contribution in [1.82, 2.24) is 15.1 Å². The molecular formula is C19H26N4OS. The van der Waals surface area contributed by atoms with Gasteiger partial charge in [-0.1, -0.05) is 0 Å². The molecule has 4 rings (SSSR count). The Kier molecular flexibility index (Phi) is 4.75. The average Bonchev–Trinajstić information content (AvgIpc) is 3.00. The van der Waals surface area contributed by atoms with Crippen LogP contribution in [0.3, 0.4) is 0 Å².